The van der Waals surface area contributed by atoms with Crippen LogP contribution in [0.2, 0.25) is 0 Å². The van der Waals surface area contributed by atoms with Crippen LogP contribution in [0.4, 0.5) is 5.95 Å². The van der Waals surface area contributed by atoms with E-state index >= 15 is 0 Å². The molecule has 2 saturated heterocycles. The third-order valence-corrected chi connectivity index (χ3v) is 6.57. The monoisotopic (exact) mass is 412 g/mol. The van der Waals surface area contributed by atoms with Crippen LogP contribution in [0.5, 0.6) is 11.8 Å². The molecule has 2 aliphatic rings. The Morgan fingerprint density at radius 1 is 1.11 bits per heavy atom. The zero-order chi connectivity index (χ0) is 20.4. The standard InChI is InChI=1S/C18H28N4O5S/c1-26-14-13-15(27-2)20-17(19-14)21-9-4-6-18(8-10-21)7-5-16(23)22(18)11-12-28(3,24)25/h13H,4-12H2,1-3H3. The van der Waals surface area contributed by atoms with Gasteiger partial charge in [0.1, 0.15) is 9.84 Å². The summed E-state index contributed by atoms with van der Waals surface area (Å²) in [5.74, 6) is 1.47. The first-order valence-electron chi connectivity index (χ1n) is 9.46. The molecule has 0 N–H and O–H groups in total. The van der Waals surface area contributed by atoms with E-state index in [0.717, 1.165) is 32.2 Å². The fourth-order valence-electron chi connectivity index (χ4n) is 4.13. The fraction of sp³-hybridized carbons (Fsp3) is 0.722. The number of likely N-dealkylation sites (tertiary alicyclic amines) is 1. The lowest BCUT2D eigenvalue weighted by Crippen LogP contribution is -2.48. The first-order chi connectivity index (χ1) is 13.3. The van der Waals surface area contributed by atoms with Crippen molar-refractivity contribution < 1.29 is 22.7 Å². The summed E-state index contributed by atoms with van der Waals surface area (Å²) in [5.41, 5.74) is -0.278. The predicted octanol–water partition coefficient (Wildman–Crippen LogP) is 0.890. The van der Waals surface area contributed by atoms with Gasteiger partial charge in [-0.15, -0.1) is 0 Å². The average Bonchev–Trinajstić information content (AvgIpc) is 2.82. The van der Waals surface area contributed by atoms with E-state index in [9.17, 15) is 13.2 Å². The minimum Gasteiger partial charge on any atom is -0.481 e. The predicted molar refractivity (Wildman–Crippen MR) is 105 cm³/mol. The van der Waals surface area contributed by atoms with Gasteiger partial charge in [-0.05, 0) is 25.7 Å². The summed E-state index contributed by atoms with van der Waals surface area (Å²) in [6.45, 7) is 1.70. The van der Waals surface area contributed by atoms with E-state index in [1.165, 1.54) is 6.26 Å². The third kappa shape index (κ3) is 4.48. The minimum absolute atomic E-state index is 0.000395. The SMILES string of the molecule is COc1cc(OC)nc(N2CCCC3(CCC(=O)N3CCS(C)(=O)=O)CC2)n1. The van der Waals surface area contributed by atoms with Crippen LogP contribution in [0.15, 0.2) is 6.07 Å². The molecule has 10 heteroatoms. The van der Waals surface area contributed by atoms with Gasteiger partial charge in [-0.3, -0.25) is 4.79 Å². The summed E-state index contributed by atoms with van der Waals surface area (Å²) in [5, 5.41) is 0. The highest BCUT2D eigenvalue weighted by Crippen LogP contribution is 2.39. The zero-order valence-corrected chi connectivity index (χ0v) is 17.5. The number of hydrogen-bond acceptors (Lipinski definition) is 8. The van der Waals surface area contributed by atoms with Crippen molar-refractivity contribution in [1.82, 2.24) is 14.9 Å². The molecular formula is C18H28N4O5S. The normalized spacial score (nSPS) is 23.2. The molecule has 28 heavy (non-hydrogen) atoms. The summed E-state index contributed by atoms with van der Waals surface area (Å²) >= 11 is 0. The second kappa shape index (κ2) is 8.10. The molecule has 0 radical (unpaired) electrons. The molecule has 1 amide bonds. The highest BCUT2D eigenvalue weighted by Gasteiger charge is 2.45. The van der Waals surface area contributed by atoms with E-state index in [4.69, 9.17) is 9.47 Å². The Balaban J connectivity index is 1.77. The molecule has 0 aromatic carbocycles. The van der Waals surface area contributed by atoms with E-state index in [-0.39, 0.29) is 23.7 Å². The van der Waals surface area contributed by atoms with Crippen LogP contribution < -0.4 is 14.4 Å². The summed E-state index contributed by atoms with van der Waals surface area (Å²) in [6.07, 6.45) is 4.93. The second-order valence-electron chi connectivity index (χ2n) is 7.49. The summed E-state index contributed by atoms with van der Waals surface area (Å²) in [6, 6.07) is 1.63. The van der Waals surface area contributed by atoms with Gasteiger partial charge in [-0.25, -0.2) is 8.42 Å². The number of anilines is 1. The lowest BCUT2D eigenvalue weighted by molar-refractivity contribution is -0.131. The van der Waals surface area contributed by atoms with Crippen LogP contribution in [0.1, 0.15) is 32.1 Å². The average molecular weight is 413 g/mol. The fourth-order valence-corrected chi connectivity index (χ4v) is 4.65. The molecule has 1 spiro atoms. The van der Waals surface area contributed by atoms with Crippen LogP contribution in [-0.2, 0) is 14.6 Å². The van der Waals surface area contributed by atoms with E-state index in [1.54, 1.807) is 20.3 Å². The molecule has 3 heterocycles. The van der Waals surface area contributed by atoms with Crippen molar-refractivity contribution in [1.29, 1.82) is 0 Å². The highest BCUT2D eigenvalue weighted by atomic mass is 32.2. The Kier molecular flexibility index (Phi) is 5.97. The van der Waals surface area contributed by atoms with E-state index in [0.29, 0.717) is 30.7 Å². The van der Waals surface area contributed by atoms with E-state index in [2.05, 4.69) is 14.9 Å². The Labute approximate surface area is 166 Å². The zero-order valence-electron chi connectivity index (χ0n) is 16.7. The molecule has 9 nitrogen and oxygen atoms in total. The number of carbonyl (C=O) groups is 1. The van der Waals surface area contributed by atoms with Gasteiger partial charge >= 0.3 is 0 Å². The van der Waals surface area contributed by atoms with Crippen LogP contribution in [-0.4, -0.2) is 80.6 Å². The minimum atomic E-state index is -3.12. The van der Waals surface area contributed by atoms with Crippen molar-refractivity contribution >= 4 is 21.7 Å². The van der Waals surface area contributed by atoms with Gasteiger partial charge in [0.05, 0.1) is 26.0 Å². The maximum Gasteiger partial charge on any atom is 0.231 e. The van der Waals surface area contributed by atoms with Gasteiger partial charge in [0, 0.05) is 37.8 Å². The van der Waals surface area contributed by atoms with Gasteiger partial charge in [0.2, 0.25) is 23.6 Å². The maximum absolute atomic E-state index is 12.5. The highest BCUT2D eigenvalue weighted by molar-refractivity contribution is 7.90. The molecule has 1 aromatic rings. The number of carbonyl (C=O) groups excluding carboxylic acids is 1. The van der Waals surface area contributed by atoms with Crippen LogP contribution in [0.25, 0.3) is 0 Å². The lowest BCUT2D eigenvalue weighted by Gasteiger charge is -2.38. The number of amides is 1. The van der Waals surface area contributed by atoms with Crippen molar-refractivity contribution in [2.75, 3.05) is 50.8 Å². The molecular weight excluding hydrogens is 384 g/mol. The van der Waals surface area contributed by atoms with E-state index in [1.807, 2.05) is 4.90 Å². The molecule has 156 valence electrons. The Bertz CT molecular complexity index is 809. The largest absolute Gasteiger partial charge is 0.481 e. The number of aromatic nitrogens is 2. The number of nitrogens with zero attached hydrogens (tertiary/aromatic N) is 4. The van der Waals surface area contributed by atoms with Gasteiger partial charge in [0.15, 0.2) is 0 Å². The van der Waals surface area contributed by atoms with Gasteiger partial charge < -0.3 is 19.3 Å². The number of ether oxygens (including phenoxy) is 2. The van der Waals surface area contributed by atoms with Gasteiger partial charge in [-0.2, -0.15) is 9.97 Å². The molecule has 3 rings (SSSR count). The third-order valence-electron chi connectivity index (χ3n) is 5.65. The first kappa shape index (κ1) is 20.6. The second-order valence-corrected chi connectivity index (χ2v) is 9.75. The van der Waals surface area contributed by atoms with E-state index < -0.39 is 9.84 Å². The number of hydrogen-bond donors (Lipinski definition) is 0. The Morgan fingerprint density at radius 2 is 1.79 bits per heavy atom. The number of sulfone groups is 1. The molecule has 2 aliphatic heterocycles. The first-order valence-corrected chi connectivity index (χ1v) is 11.5. The molecule has 0 bridgehead atoms. The molecule has 1 unspecified atom stereocenters. The van der Waals surface area contributed by atoms with Crippen molar-refractivity contribution in [2.24, 2.45) is 0 Å². The number of rotatable bonds is 6. The molecule has 1 aromatic heterocycles. The molecule has 0 aliphatic carbocycles. The Hall–Kier alpha value is -2.10. The number of methoxy groups -OCH3 is 2. The van der Waals surface area contributed by atoms with Crippen LogP contribution >= 0.6 is 0 Å². The van der Waals surface area contributed by atoms with Gasteiger partial charge in [0.25, 0.3) is 0 Å². The molecule has 2 fully saturated rings. The van der Waals surface area contributed by atoms with Crippen molar-refractivity contribution in [3.05, 3.63) is 6.07 Å². The van der Waals surface area contributed by atoms with Crippen LogP contribution in [0.3, 0.4) is 0 Å². The lowest BCUT2D eigenvalue weighted by atomic mass is 9.88. The van der Waals surface area contributed by atoms with Gasteiger partial charge in [-0.1, -0.05) is 0 Å². The van der Waals surface area contributed by atoms with Crippen LogP contribution in [0, 0.1) is 0 Å². The maximum atomic E-state index is 12.5. The quantitative estimate of drug-likeness (QED) is 0.679. The topological polar surface area (TPSA) is 102 Å². The summed E-state index contributed by atoms with van der Waals surface area (Å²) < 4.78 is 33.7. The molecule has 0 saturated carbocycles. The van der Waals surface area contributed by atoms with Crippen molar-refractivity contribution in [3.63, 3.8) is 0 Å². The summed E-state index contributed by atoms with van der Waals surface area (Å²) in [7, 11) is -0.0239. The summed E-state index contributed by atoms with van der Waals surface area (Å²) in [4.78, 5) is 25.2. The smallest absolute Gasteiger partial charge is 0.231 e. The van der Waals surface area contributed by atoms with Crippen molar-refractivity contribution in [2.45, 2.75) is 37.6 Å². The molecule has 1 atom stereocenters. The Morgan fingerprint density at radius 3 is 2.39 bits per heavy atom. The van der Waals surface area contributed by atoms with Crippen molar-refractivity contribution in [3.8, 4) is 11.8 Å².